The molecule has 1 N–H and O–H groups in total. The predicted molar refractivity (Wildman–Crippen MR) is 66.0 cm³/mol. The van der Waals surface area contributed by atoms with Crippen LogP contribution in [0.2, 0.25) is 0 Å². The van der Waals surface area contributed by atoms with Crippen LogP contribution in [0.5, 0.6) is 0 Å². The van der Waals surface area contributed by atoms with Crippen molar-refractivity contribution in [1.29, 1.82) is 5.26 Å². The standard InChI is InChI=1S/C13H8N4O/c14-7-9-1-3-10(4-2-9)11-8-17-6-5-15-12(17)13(18)16-11/h1-6,8H,(H,16,18). The summed E-state index contributed by atoms with van der Waals surface area (Å²) in [5, 5.41) is 8.74. The topological polar surface area (TPSA) is 74.0 Å². The zero-order chi connectivity index (χ0) is 12.5. The number of nitrogens with one attached hydrogen (secondary N) is 1. The number of aromatic amines is 1. The molecule has 2 heterocycles. The molecule has 2 aromatic heterocycles. The molecule has 86 valence electrons. The maximum Gasteiger partial charge on any atom is 0.292 e. The van der Waals surface area contributed by atoms with Crippen LogP contribution in [0, 0.1) is 11.3 Å². The van der Waals surface area contributed by atoms with Crippen LogP contribution < -0.4 is 5.56 Å². The van der Waals surface area contributed by atoms with Crippen molar-refractivity contribution in [3.05, 3.63) is 58.8 Å². The first-order valence-electron chi connectivity index (χ1n) is 5.34. The maximum absolute atomic E-state index is 11.8. The van der Waals surface area contributed by atoms with E-state index in [9.17, 15) is 4.79 Å². The van der Waals surface area contributed by atoms with Gasteiger partial charge in [-0.3, -0.25) is 4.79 Å². The van der Waals surface area contributed by atoms with Gasteiger partial charge in [-0.15, -0.1) is 0 Å². The summed E-state index contributed by atoms with van der Waals surface area (Å²) < 4.78 is 1.67. The Balaban J connectivity index is 2.19. The molecule has 0 aliphatic carbocycles. The van der Waals surface area contributed by atoms with Crippen molar-refractivity contribution in [2.45, 2.75) is 0 Å². The van der Waals surface area contributed by atoms with E-state index >= 15 is 0 Å². The molecule has 0 atom stereocenters. The van der Waals surface area contributed by atoms with E-state index < -0.39 is 0 Å². The third kappa shape index (κ3) is 1.57. The van der Waals surface area contributed by atoms with Crippen LogP contribution in [0.4, 0.5) is 0 Å². The third-order valence-electron chi connectivity index (χ3n) is 2.71. The molecule has 5 nitrogen and oxygen atoms in total. The van der Waals surface area contributed by atoms with Crippen LogP contribution in [0.25, 0.3) is 16.9 Å². The van der Waals surface area contributed by atoms with Gasteiger partial charge in [0.05, 0.1) is 17.3 Å². The number of aromatic nitrogens is 3. The Bertz CT molecular complexity index is 805. The molecule has 3 aromatic rings. The second-order valence-electron chi connectivity index (χ2n) is 3.84. The van der Waals surface area contributed by atoms with E-state index in [4.69, 9.17) is 5.26 Å². The highest BCUT2D eigenvalue weighted by atomic mass is 16.1. The first-order chi connectivity index (χ1) is 8.78. The molecule has 5 heteroatoms. The summed E-state index contributed by atoms with van der Waals surface area (Å²) >= 11 is 0. The Kier molecular flexibility index (Phi) is 2.21. The number of H-pyrrole nitrogens is 1. The molecule has 0 spiro atoms. The van der Waals surface area contributed by atoms with Gasteiger partial charge < -0.3 is 9.38 Å². The van der Waals surface area contributed by atoms with Crippen molar-refractivity contribution < 1.29 is 0 Å². The monoisotopic (exact) mass is 236 g/mol. The lowest BCUT2D eigenvalue weighted by molar-refractivity contribution is 1.10. The molecular weight excluding hydrogens is 228 g/mol. The Hall–Kier alpha value is -2.87. The number of benzene rings is 1. The van der Waals surface area contributed by atoms with Gasteiger partial charge in [-0.1, -0.05) is 12.1 Å². The second kappa shape index (κ2) is 3.86. The number of hydrogen-bond donors (Lipinski definition) is 1. The van der Waals surface area contributed by atoms with Crippen molar-refractivity contribution in [3.8, 4) is 17.3 Å². The van der Waals surface area contributed by atoms with Gasteiger partial charge in [0.1, 0.15) is 0 Å². The van der Waals surface area contributed by atoms with E-state index in [2.05, 4.69) is 16.0 Å². The van der Waals surface area contributed by atoms with Gasteiger partial charge >= 0.3 is 0 Å². The fourth-order valence-electron chi connectivity index (χ4n) is 1.81. The summed E-state index contributed by atoms with van der Waals surface area (Å²) in [7, 11) is 0. The molecular formula is C13H8N4O. The smallest absolute Gasteiger partial charge is 0.292 e. The summed E-state index contributed by atoms with van der Waals surface area (Å²) in [6, 6.07) is 9.08. The van der Waals surface area contributed by atoms with Gasteiger partial charge in [-0.05, 0) is 17.7 Å². The first-order valence-corrected chi connectivity index (χ1v) is 5.34. The van der Waals surface area contributed by atoms with Crippen molar-refractivity contribution in [2.75, 3.05) is 0 Å². The summed E-state index contributed by atoms with van der Waals surface area (Å²) in [5.41, 5.74) is 2.26. The number of nitriles is 1. The van der Waals surface area contributed by atoms with E-state index in [1.54, 1.807) is 47.3 Å². The van der Waals surface area contributed by atoms with E-state index in [0.29, 0.717) is 16.9 Å². The van der Waals surface area contributed by atoms with Gasteiger partial charge in [0.25, 0.3) is 5.56 Å². The molecule has 18 heavy (non-hydrogen) atoms. The highest BCUT2D eigenvalue weighted by molar-refractivity contribution is 5.60. The molecule has 3 rings (SSSR count). The molecule has 0 aliphatic heterocycles. The van der Waals surface area contributed by atoms with E-state index in [1.807, 2.05) is 0 Å². The lowest BCUT2D eigenvalue weighted by Gasteiger charge is -2.02. The van der Waals surface area contributed by atoms with Crippen molar-refractivity contribution in [3.63, 3.8) is 0 Å². The van der Waals surface area contributed by atoms with Crippen LogP contribution in [0.15, 0.2) is 47.7 Å². The molecule has 0 saturated carbocycles. The lowest BCUT2D eigenvalue weighted by Crippen LogP contribution is -2.10. The number of rotatable bonds is 1. The number of imidazole rings is 1. The molecule has 0 fully saturated rings. The Morgan fingerprint density at radius 2 is 2.06 bits per heavy atom. The SMILES string of the molecule is N#Cc1ccc(-c2cn3ccnc3c(=O)[nH]2)cc1. The van der Waals surface area contributed by atoms with Gasteiger partial charge in [0.15, 0.2) is 0 Å². The maximum atomic E-state index is 11.8. The molecule has 1 aromatic carbocycles. The van der Waals surface area contributed by atoms with Gasteiger partial charge in [-0.25, -0.2) is 4.98 Å². The van der Waals surface area contributed by atoms with E-state index in [0.717, 1.165) is 5.56 Å². The van der Waals surface area contributed by atoms with E-state index in [1.165, 1.54) is 0 Å². The average Bonchev–Trinajstić information content (AvgIpc) is 2.88. The Labute approximate surface area is 102 Å². The van der Waals surface area contributed by atoms with Gasteiger partial charge in [-0.2, -0.15) is 5.26 Å². The average molecular weight is 236 g/mol. The first kappa shape index (κ1) is 10.3. The second-order valence-corrected chi connectivity index (χ2v) is 3.84. The van der Waals surface area contributed by atoms with Crippen molar-refractivity contribution in [2.24, 2.45) is 0 Å². The van der Waals surface area contributed by atoms with Crippen LogP contribution in [0.1, 0.15) is 5.56 Å². The highest BCUT2D eigenvalue weighted by Crippen LogP contribution is 2.16. The highest BCUT2D eigenvalue weighted by Gasteiger charge is 2.04. The quantitative estimate of drug-likeness (QED) is 0.696. The van der Waals surface area contributed by atoms with Crippen LogP contribution in [0.3, 0.4) is 0 Å². The van der Waals surface area contributed by atoms with Gasteiger partial charge in [0.2, 0.25) is 5.65 Å². The zero-order valence-electron chi connectivity index (χ0n) is 9.29. The number of fused-ring (bicyclic) bond motifs is 1. The number of hydrogen-bond acceptors (Lipinski definition) is 3. The minimum atomic E-state index is -0.234. The Morgan fingerprint density at radius 1 is 1.28 bits per heavy atom. The molecule has 0 radical (unpaired) electrons. The fourth-order valence-corrected chi connectivity index (χ4v) is 1.81. The lowest BCUT2D eigenvalue weighted by atomic mass is 10.1. The largest absolute Gasteiger partial charge is 0.317 e. The summed E-state index contributed by atoms with van der Waals surface area (Å²) in [5.74, 6) is 0. The summed E-state index contributed by atoms with van der Waals surface area (Å²) in [6.45, 7) is 0. The van der Waals surface area contributed by atoms with Crippen LogP contribution in [-0.2, 0) is 0 Å². The third-order valence-corrected chi connectivity index (χ3v) is 2.71. The predicted octanol–water partition coefficient (Wildman–Crippen LogP) is 1.56. The zero-order valence-corrected chi connectivity index (χ0v) is 9.29. The van der Waals surface area contributed by atoms with Crippen LogP contribution in [-0.4, -0.2) is 14.4 Å². The minimum absolute atomic E-state index is 0.234. The van der Waals surface area contributed by atoms with Crippen LogP contribution >= 0.6 is 0 Å². The summed E-state index contributed by atoms with van der Waals surface area (Å²) in [6.07, 6.45) is 5.09. The van der Waals surface area contributed by atoms with Crippen molar-refractivity contribution in [1.82, 2.24) is 14.4 Å². The van der Waals surface area contributed by atoms with Crippen molar-refractivity contribution >= 4 is 5.65 Å². The van der Waals surface area contributed by atoms with Gasteiger partial charge in [0, 0.05) is 18.6 Å². The van der Waals surface area contributed by atoms with E-state index in [-0.39, 0.29) is 5.56 Å². The Morgan fingerprint density at radius 3 is 2.78 bits per heavy atom. The fraction of sp³-hybridized carbons (Fsp3) is 0. The molecule has 0 saturated heterocycles. The molecule has 0 aliphatic rings. The minimum Gasteiger partial charge on any atom is -0.317 e. The normalized spacial score (nSPS) is 10.4. The molecule has 0 amide bonds. The molecule has 0 bridgehead atoms. The molecule has 0 unspecified atom stereocenters. The number of nitrogens with zero attached hydrogens (tertiary/aromatic N) is 3. The summed E-state index contributed by atoms with van der Waals surface area (Å²) in [4.78, 5) is 18.5.